The van der Waals surface area contributed by atoms with E-state index in [9.17, 15) is 9.90 Å². The van der Waals surface area contributed by atoms with Crippen LogP contribution in [0.5, 0.6) is 0 Å². The smallest absolute Gasteiger partial charge is 0.315 e. The molecular weight excluding hydrogens is 610 g/mol. The lowest BCUT2D eigenvalue weighted by atomic mass is 9.98. The summed E-state index contributed by atoms with van der Waals surface area (Å²) in [6, 6.07) is 45.6. The summed E-state index contributed by atoms with van der Waals surface area (Å²) in [7, 11) is 0. The van der Waals surface area contributed by atoms with Crippen LogP contribution in [0.25, 0.3) is 11.1 Å². The maximum Gasteiger partial charge on any atom is 0.315 e. The van der Waals surface area contributed by atoms with Crippen LogP contribution in [0.1, 0.15) is 59.1 Å². The molecule has 1 aliphatic heterocycles. The van der Waals surface area contributed by atoms with Gasteiger partial charge in [0.05, 0.1) is 18.8 Å². The van der Waals surface area contributed by atoms with Crippen LogP contribution in [0.4, 0.5) is 4.79 Å². The highest BCUT2D eigenvalue weighted by molar-refractivity contribution is 5.74. The Morgan fingerprint density at radius 3 is 1.98 bits per heavy atom. The van der Waals surface area contributed by atoms with Crippen molar-refractivity contribution >= 4 is 6.03 Å². The van der Waals surface area contributed by atoms with E-state index in [1.54, 1.807) is 0 Å². The predicted molar refractivity (Wildman–Crippen MR) is 193 cm³/mol. The first-order valence-electron chi connectivity index (χ1n) is 17.1. The van der Waals surface area contributed by atoms with Crippen molar-refractivity contribution in [2.24, 2.45) is 0 Å². The lowest BCUT2D eigenvalue weighted by Gasteiger charge is -2.38. The highest BCUT2D eigenvalue weighted by atomic mass is 16.7. The molecule has 6 rings (SSSR count). The molecule has 3 N–H and O–H groups in total. The third-order valence-electron chi connectivity index (χ3n) is 8.78. The summed E-state index contributed by atoms with van der Waals surface area (Å²) >= 11 is 0. The minimum atomic E-state index is -0.570. The van der Waals surface area contributed by atoms with Gasteiger partial charge in [-0.1, -0.05) is 121 Å². The van der Waals surface area contributed by atoms with Crippen LogP contribution in [0.3, 0.4) is 0 Å². The topological polar surface area (TPSA) is 83.1 Å². The Morgan fingerprint density at radius 2 is 1.33 bits per heavy atom. The number of nitrogens with one attached hydrogen (secondary N) is 2. The molecule has 49 heavy (non-hydrogen) atoms. The lowest BCUT2D eigenvalue weighted by molar-refractivity contribution is -0.253. The van der Waals surface area contributed by atoms with Crippen molar-refractivity contribution in [2.45, 2.75) is 58.1 Å². The van der Waals surface area contributed by atoms with Crippen molar-refractivity contribution in [1.29, 1.82) is 0 Å². The van der Waals surface area contributed by atoms with Crippen molar-refractivity contribution in [1.82, 2.24) is 15.5 Å². The maximum atomic E-state index is 12.0. The summed E-state index contributed by atoms with van der Waals surface area (Å²) in [5, 5.41) is 15.3. The van der Waals surface area contributed by atoms with Crippen molar-refractivity contribution < 1.29 is 19.4 Å². The second-order valence-corrected chi connectivity index (χ2v) is 12.5. The van der Waals surface area contributed by atoms with E-state index in [4.69, 9.17) is 9.47 Å². The molecule has 5 aromatic carbocycles. The van der Waals surface area contributed by atoms with Crippen LogP contribution in [-0.4, -0.2) is 35.2 Å². The molecular formula is C42H45N3O4. The SMILES string of the molecule is CCNC(=O)NCc1cccc(-c2cccc([C@H]3O[C@@H](CN(Cc4ccccc4)Cc4ccccc4)C[C@@H](c4ccc(CO)cc4)O3)c2)c1. The lowest BCUT2D eigenvalue weighted by Crippen LogP contribution is -2.39. The van der Waals surface area contributed by atoms with Crippen molar-refractivity contribution in [3.05, 3.63) is 167 Å². The maximum absolute atomic E-state index is 12.0. The zero-order valence-corrected chi connectivity index (χ0v) is 28.0. The second kappa shape index (κ2) is 17.0. The molecule has 3 atom stereocenters. The Balaban J connectivity index is 1.26. The molecule has 252 valence electrons. The number of carbonyl (C=O) groups is 1. The summed E-state index contributed by atoms with van der Waals surface area (Å²) < 4.78 is 13.5. The van der Waals surface area contributed by atoms with Gasteiger partial charge in [-0.2, -0.15) is 0 Å². The van der Waals surface area contributed by atoms with Crippen LogP contribution in [0, 0.1) is 0 Å². The zero-order chi connectivity index (χ0) is 33.8. The number of nitrogens with zero attached hydrogens (tertiary/aromatic N) is 1. The fraction of sp³-hybridized carbons (Fsp3) is 0.262. The van der Waals surface area contributed by atoms with Gasteiger partial charge in [0.25, 0.3) is 0 Å². The molecule has 1 aliphatic rings. The van der Waals surface area contributed by atoms with Gasteiger partial charge < -0.3 is 25.2 Å². The van der Waals surface area contributed by atoms with Crippen LogP contribution >= 0.6 is 0 Å². The third kappa shape index (κ3) is 9.65. The molecule has 1 fully saturated rings. The minimum Gasteiger partial charge on any atom is -0.392 e. The molecule has 0 bridgehead atoms. The van der Waals surface area contributed by atoms with E-state index < -0.39 is 6.29 Å². The van der Waals surface area contributed by atoms with Gasteiger partial charge in [0.15, 0.2) is 6.29 Å². The first kappa shape index (κ1) is 34.1. The number of rotatable bonds is 13. The van der Waals surface area contributed by atoms with Gasteiger partial charge in [-0.25, -0.2) is 4.79 Å². The van der Waals surface area contributed by atoms with E-state index in [-0.39, 0.29) is 24.8 Å². The molecule has 7 heteroatoms. The Labute approximate surface area is 289 Å². The molecule has 0 aliphatic carbocycles. The first-order chi connectivity index (χ1) is 24.1. The van der Waals surface area contributed by atoms with E-state index in [0.29, 0.717) is 19.5 Å². The Hall–Kier alpha value is -4.79. The molecule has 0 radical (unpaired) electrons. The van der Waals surface area contributed by atoms with Crippen LogP contribution in [0.2, 0.25) is 0 Å². The number of benzene rings is 5. The molecule has 0 aromatic heterocycles. The quantitative estimate of drug-likeness (QED) is 0.120. The molecule has 2 amide bonds. The number of urea groups is 1. The summed E-state index contributed by atoms with van der Waals surface area (Å²) in [6.07, 6.45) is -0.144. The van der Waals surface area contributed by atoms with Crippen molar-refractivity contribution in [2.75, 3.05) is 13.1 Å². The van der Waals surface area contributed by atoms with Gasteiger partial charge in [-0.15, -0.1) is 0 Å². The number of carbonyl (C=O) groups excluding carboxylic acids is 1. The molecule has 0 spiro atoms. The Morgan fingerprint density at radius 1 is 0.694 bits per heavy atom. The molecule has 1 saturated heterocycles. The highest BCUT2D eigenvalue weighted by Gasteiger charge is 2.33. The molecule has 0 unspecified atom stereocenters. The number of hydrogen-bond donors (Lipinski definition) is 3. The number of ether oxygens (including phenoxy) is 2. The van der Waals surface area contributed by atoms with Gasteiger partial charge in [0.1, 0.15) is 0 Å². The van der Waals surface area contributed by atoms with E-state index in [2.05, 4.69) is 119 Å². The molecule has 1 heterocycles. The van der Waals surface area contributed by atoms with Gasteiger partial charge >= 0.3 is 6.03 Å². The summed E-state index contributed by atoms with van der Waals surface area (Å²) in [4.78, 5) is 14.4. The second-order valence-electron chi connectivity index (χ2n) is 12.5. The average molecular weight is 656 g/mol. The number of aliphatic hydroxyl groups is 1. The van der Waals surface area contributed by atoms with E-state index in [0.717, 1.165) is 53.0 Å². The van der Waals surface area contributed by atoms with Gasteiger partial charge in [0.2, 0.25) is 0 Å². The third-order valence-corrected chi connectivity index (χ3v) is 8.78. The fourth-order valence-corrected chi connectivity index (χ4v) is 6.32. The number of aliphatic hydroxyl groups excluding tert-OH is 1. The molecule has 5 aromatic rings. The number of hydrogen-bond acceptors (Lipinski definition) is 5. The minimum absolute atomic E-state index is 0.00406. The highest BCUT2D eigenvalue weighted by Crippen LogP contribution is 2.39. The summed E-state index contributed by atoms with van der Waals surface area (Å²) in [5.41, 5.74) is 8.52. The van der Waals surface area contributed by atoms with E-state index >= 15 is 0 Å². The largest absolute Gasteiger partial charge is 0.392 e. The van der Waals surface area contributed by atoms with Gasteiger partial charge in [0, 0.05) is 44.7 Å². The van der Waals surface area contributed by atoms with Gasteiger partial charge in [-0.3, -0.25) is 4.90 Å². The average Bonchev–Trinajstić information content (AvgIpc) is 3.15. The van der Waals surface area contributed by atoms with Crippen molar-refractivity contribution in [3.8, 4) is 11.1 Å². The van der Waals surface area contributed by atoms with Crippen molar-refractivity contribution in [3.63, 3.8) is 0 Å². The summed E-state index contributed by atoms with van der Waals surface area (Å²) in [6.45, 7) is 5.26. The molecule has 0 saturated carbocycles. The van der Waals surface area contributed by atoms with Crippen LogP contribution < -0.4 is 10.6 Å². The number of amides is 2. The first-order valence-corrected chi connectivity index (χ1v) is 17.1. The van der Waals surface area contributed by atoms with Gasteiger partial charge in [-0.05, 0) is 58.0 Å². The predicted octanol–water partition coefficient (Wildman–Crippen LogP) is 7.91. The Kier molecular flexibility index (Phi) is 11.9. The molecule has 7 nitrogen and oxygen atoms in total. The van der Waals surface area contributed by atoms with E-state index in [1.165, 1.54) is 11.1 Å². The standard InChI is InChI=1S/C42H45N3O4/c1-2-43-42(47)44-26-34-15-9-16-36(23-34)37-17-10-18-38(24-37)41-48-39(25-40(49-41)35-21-19-33(30-46)20-22-35)29-45(27-31-11-5-3-6-12-31)28-32-13-7-4-8-14-32/h3-24,39-41,46H,2,25-30H2,1H3,(H2,43,44,47)/t39-,40+,41+/m1/s1. The van der Waals surface area contributed by atoms with Crippen LogP contribution in [-0.2, 0) is 35.7 Å². The fourth-order valence-electron chi connectivity index (χ4n) is 6.32. The Bertz CT molecular complexity index is 1720. The summed E-state index contributed by atoms with van der Waals surface area (Å²) in [5.74, 6) is 0. The zero-order valence-electron chi connectivity index (χ0n) is 28.0. The monoisotopic (exact) mass is 655 g/mol. The van der Waals surface area contributed by atoms with E-state index in [1.807, 2.05) is 37.3 Å². The van der Waals surface area contributed by atoms with Crippen LogP contribution in [0.15, 0.2) is 133 Å². The normalized spacial score (nSPS) is 17.5.